The molecule has 0 saturated carbocycles. The minimum atomic E-state index is -0.995. The fraction of sp³-hybridized carbons (Fsp3) is 0.591. The minimum Gasteiger partial charge on any atom is -0.384 e. The van der Waals surface area contributed by atoms with Gasteiger partial charge in [0.1, 0.15) is 11.9 Å². The van der Waals surface area contributed by atoms with Gasteiger partial charge >= 0.3 is 0 Å². The Morgan fingerprint density at radius 1 is 1.18 bits per heavy atom. The average Bonchev–Trinajstić information content (AvgIpc) is 3.44. The number of rotatable bonds is 4. The van der Waals surface area contributed by atoms with Crippen LogP contribution in [0.25, 0.3) is 11.3 Å². The molecule has 0 spiro atoms. The first-order valence-corrected chi connectivity index (χ1v) is 11.4. The zero-order valence-corrected chi connectivity index (χ0v) is 19.1. The van der Waals surface area contributed by atoms with Crippen molar-refractivity contribution in [2.75, 3.05) is 61.5 Å². The van der Waals surface area contributed by atoms with E-state index >= 15 is 0 Å². The van der Waals surface area contributed by atoms with Gasteiger partial charge in [-0.25, -0.2) is 15.0 Å². The standard InChI is InChI=1S/C22H30N8O3/c1-14(31)19(32)29-6-4-22(2,13-29)30-5-3-16-17(15-11-24-20(23)25-12-15)26-21(27-18(16)30)28-7-9-33-10-8-28/h11-12,14,31H,3-10,13H2,1-2H3,(H2,23,24,25)/t14-,22-/m0/s1. The summed E-state index contributed by atoms with van der Waals surface area (Å²) >= 11 is 0. The van der Waals surface area contributed by atoms with Crippen molar-refractivity contribution < 1.29 is 14.6 Å². The monoisotopic (exact) mass is 454 g/mol. The lowest BCUT2D eigenvalue weighted by molar-refractivity contribution is -0.138. The van der Waals surface area contributed by atoms with E-state index in [4.69, 9.17) is 20.4 Å². The molecule has 2 saturated heterocycles. The number of carbonyl (C=O) groups is 1. The van der Waals surface area contributed by atoms with E-state index in [9.17, 15) is 9.90 Å². The van der Waals surface area contributed by atoms with Crippen molar-refractivity contribution in [2.45, 2.75) is 38.3 Å². The largest absolute Gasteiger partial charge is 0.384 e. The van der Waals surface area contributed by atoms with E-state index in [1.54, 1.807) is 17.3 Å². The van der Waals surface area contributed by atoms with Crippen molar-refractivity contribution in [2.24, 2.45) is 0 Å². The third-order valence-electron chi connectivity index (χ3n) is 6.83. The first-order valence-electron chi connectivity index (χ1n) is 11.4. The number of aromatic nitrogens is 4. The van der Waals surface area contributed by atoms with Gasteiger partial charge in [-0.15, -0.1) is 0 Å². The van der Waals surface area contributed by atoms with E-state index in [-0.39, 0.29) is 17.4 Å². The summed E-state index contributed by atoms with van der Waals surface area (Å²) in [5.74, 6) is 1.55. The second kappa shape index (κ2) is 8.38. The van der Waals surface area contributed by atoms with Crippen LogP contribution in [0.1, 0.15) is 25.8 Å². The zero-order chi connectivity index (χ0) is 23.2. The third kappa shape index (κ3) is 3.95. The lowest BCUT2D eigenvalue weighted by atomic mass is 9.99. The lowest BCUT2D eigenvalue weighted by Crippen LogP contribution is -2.49. The maximum atomic E-state index is 12.4. The van der Waals surface area contributed by atoms with Crippen LogP contribution in [0.2, 0.25) is 0 Å². The smallest absolute Gasteiger partial charge is 0.251 e. The van der Waals surface area contributed by atoms with Crippen LogP contribution >= 0.6 is 0 Å². The Kier molecular flexibility index (Phi) is 5.53. The van der Waals surface area contributed by atoms with Crippen molar-refractivity contribution in [3.63, 3.8) is 0 Å². The summed E-state index contributed by atoms with van der Waals surface area (Å²) in [5.41, 5.74) is 8.12. The van der Waals surface area contributed by atoms with E-state index in [1.165, 1.54) is 6.92 Å². The van der Waals surface area contributed by atoms with Gasteiger partial charge in [-0.3, -0.25) is 4.79 Å². The Labute approximate surface area is 192 Å². The van der Waals surface area contributed by atoms with Crippen LogP contribution in [0.5, 0.6) is 0 Å². The highest BCUT2D eigenvalue weighted by atomic mass is 16.5. The molecular formula is C22H30N8O3. The maximum absolute atomic E-state index is 12.4. The molecule has 11 heteroatoms. The van der Waals surface area contributed by atoms with Crippen LogP contribution in [-0.4, -0.2) is 93.4 Å². The molecule has 0 aromatic carbocycles. The third-order valence-corrected chi connectivity index (χ3v) is 6.83. The molecule has 0 bridgehead atoms. The second-order valence-corrected chi connectivity index (χ2v) is 9.19. The number of anilines is 3. The molecule has 0 aliphatic carbocycles. The number of aliphatic hydroxyl groups is 1. The molecule has 5 rings (SSSR count). The Hall–Kier alpha value is -3.05. The molecule has 176 valence electrons. The first-order chi connectivity index (χ1) is 15.9. The number of nitrogens with zero attached hydrogens (tertiary/aromatic N) is 7. The molecule has 2 aromatic rings. The number of aliphatic hydroxyl groups excluding tert-OH is 1. The summed E-state index contributed by atoms with van der Waals surface area (Å²) in [7, 11) is 0. The molecular weight excluding hydrogens is 424 g/mol. The highest BCUT2D eigenvalue weighted by Crippen LogP contribution is 2.41. The van der Waals surface area contributed by atoms with E-state index < -0.39 is 6.10 Å². The summed E-state index contributed by atoms with van der Waals surface area (Å²) in [4.78, 5) is 36.9. The van der Waals surface area contributed by atoms with Gasteiger partial charge < -0.3 is 30.3 Å². The second-order valence-electron chi connectivity index (χ2n) is 9.19. The topological polar surface area (TPSA) is 134 Å². The van der Waals surface area contributed by atoms with Gasteiger partial charge in [0.2, 0.25) is 11.9 Å². The number of nitrogens with two attached hydrogens (primary N) is 1. The summed E-state index contributed by atoms with van der Waals surface area (Å²) < 4.78 is 5.51. The van der Waals surface area contributed by atoms with Crippen molar-refractivity contribution in [3.05, 3.63) is 18.0 Å². The van der Waals surface area contributed by atoms with Crippen molar-refractivity contribution in [1.82, 2.24) is 24.8 Å². The predicted molar refractivity (Wildman–Crippen MR) is 123 cm³/mol. The van der Waals surface area contributed by atoms with Gasteiger partial charge in [0.25, 0.3) is 5.91 Å². The van der Waals surface area contributed by atoms with Gasteiger partial charge in [0.15, 0.2) is 0 Å². The molecule has 2 atom stereocenters. The van der Waals surface area contributed by atoms with E-state index in [0.29, 0.717) is 32.3 Å². The van der Waals surface area contributed by atoms with Crippen LogP contribution in [0.4, 0.5) is 17.7 Å². The molecule has 33 heavy (non-hydrogen) atoms. The van der Waals surface area contributed by atoms with E-state index in [0.717, 1.165) is 55.1 Å². The number of likely N-dealkylation sites (tertiary alicyclic amines) is 1. The summed E-state index contributed by atoms with van der Waals surface area (Å²) in [5, 5.41) is 9.78. The molecule has 2 fully saturated rings. The number of fused-ring (bicyclic) bond motifs is 1. The first kappa shape index (κ1) is 21.8. The van der Waals surface area contributed by atoms with Gasteiger partial charge in [-0.1, -0.05) is 0 Å². The fourth-order valence-corrected chi connectivity index (χ4v) is 4.99. The summed E-state index contributed by atoms with van der Waals surface area (Å²) in [6.45, 7) is 8.37. The van der Waals surface area contributed by atoms with E-state index in [2.05, 4.69) is 26.7 Å². The average molecular weight is 455 g/mol. The zero-order valence-electron chi connectivity index (χ0n) is 19.1. The molecule has 11 nitrogen and oxygen atoms in total. The lowest BCUT2D eigenvalue weighted by Gasteiger charge is -2.37. The quantitative estimate of drug-likeness (QED) is 0.654. The molecule has 0 unspecified atom stereocenters. The SMILES string of the molecule is C[C@H](O)C(=O)N1CC[C@](C)(N2CCc3c(-c4cnc(N)nc4)nc(N4CCOCC4)nc32)C1. The van der Waals surface area contributed by atoms with Gasteiger partial charge in [-0.2, -0.15) is 4.98 Å². The van der Waals surface area contributed by atoms with Crippen LogP contribution in [0, 0.1) is 0 Å². The van der Waals surface area contributed by atoms with Crippen LogP contribution in [0.15, 0.2) is 12.4 Å². The number of ether oxygens (including phenoxy) is 1. The maximum Gasteiger partial charge on any atom is 0.251 e. The number of morpholine rings is 1. The van der Waals surface area contributed by atoms with Crippen molar-refractivity contribution in [1.29, 1.82) is 0 Å². The molecule has 0 radical (unpaired) electrons. The van der Waals surface area contributed by atoms with Crippen LogP contribution < -0.4 is 15.5 Å². The van der Waals surface area contributed by atoms with Crippen LogP contribution in [-0.2, 0) is 16.0 Å². The van der Waals surface area contributed by atoms with Gasteiger partial charge in [0, 0.05) is 56.2 Å². The minimum absolute atomic E-state index is 0.223. The number of amides is 1. The highest BCUT2D eigenvalue weighted by molar-refractivity contribution is 5.81. The number of hydrogen-bond acceptors (Lipinski definition) is 10. The predicted octanol–water partition coefficient (Wildman–Crippen LogP) is 0.0867. The Balaban J connectivity index is 1.54. The van der Waals surface area contributed by atoms with Crippen molar-refractivity contribution >= 4 is 23.6 Å². The Bertz CT molecular complexity index is 1040. The molecule has 3 aliphatic heterocycles. The van der Waals surface area contributed by atoms with Crippen LogP contribution in [0.3, 0.4) is 0 Å². The normalized spacial score (nSPS) is 23.7. The Morgan fingerprint density at radius 2 is 1.91 bits per heavy atom. The highest BCUT2D eigenvalue weighted by Gasteiger charge is 2.45. The van der Waals surface area contributed by atoms with Gasteiger partial charge in [-0.05, 0) is 26.7 Å². The molecule has 5 heterocycles. The molecule has 2 aromatic heterocycles. The van der Waals surface area contributed by atoms with E-state index in [1.807, 2.05) is 0 Å². The number of hydrogen-bond donors (Lipinski definition) is 2. The summed E-state index contributed by atoms with van der Waals surface area (Å²) in [6, 6.07) is 0. The fourth-order valence-electron chi connectivity index (χ4n) is 4.99. The number of nitrogen functional groups attached to an aromatic ring is 1. The summed E-state index contributed by atoms with van der Waals surface area (Å²) in [6.07, 6.45) is 4.01. The molecule has 3 aliphatic rings. The van der Waals surface area contributed by atoms with Gasteiger partial charge in [0.05, 0.1) is 24.4 Å². The number of carbonyl (C=O) groups excluding carboxylic acids is 1. The van der Waals surface area contributed by atoms with Crippen molar-refractivity contribution in [3.8, 4) is 11.3 Å². The Morgan fingerprint density at radius 3 is 2.61 bits per heavy atom. The molecule has 1 amide bonds. The molecule has 3 N–H and O–H groups in total.